The third kappa shape index (κ3) is 4.13. The molecule has 6 nitrogen and oxygen atoms in total. The van der Waals surface area contributed by atoms with Crippen LogP contribution in [0.25, 0.3) is 11.1 Å². The minimum atomic E-state index is -1.63. The van der Waals surface area contributed by atoms with Gasteiger partial charge in [0.15, 0.2) is 0 Å². The lowest BCUT2D eigenvalue weighted by atomic mass is 9.98. The monoisotopic (exact) mass is 371 g/mol. The maximum Gasteiger partial charge on any atom is 0.407 e. The van der Waals surface area contributed by atoms with Crippen molar-refractivity contribution in [3.63, 3.8) is 0 Å². The van der Waals surface area contributed by atoms with Crippen LogP contribution in [0.15, 0.2) is 48.5 Å². The average molecular weight is 371 g/mol. The van der Waals surface area contributed by atoms with Gasteiger partial charge in [-0.05, 0) is 28.7 Å². The third-order valence-corrected chi connectivity index (χ3v) is 4.56. The van der Waals surface area contributed by atoms with E-state index >= 15 is 0 Å². The molecule has 1 unspecified atom stereocenters. The molecule has 2 aromatic rings. The van der Waals surface area contributed by atoms with Crippen LogP contribution in [0.2, 0.25) is 0 Å². The fourth-order valence-corrected chi connectivity index (χ4v) is 3.30. The predicted octanol–water partition coefficient (Wildman–Crippen LogP) is 3.25. The molecule has 1 aliphatic rings. The lowest BCUT2D eigenvalue weighted by Crippen LogP contribution is -2.41. The van der Waals surface area contributed by atoms with Crippen LogP contribution in [0.4, 0.5) is 9.18 Å². The first-order valence-corrected chi connectivity index (χ1v) is 8.50. The van der Waals surface area contributed by atoms with Crippen molar-refractivity contribution >= 4 is 18.1 Å². The van der Waals surface area contributed by atoms with Gasteiger partial charge in [0.05, 0.1) is 0 Å². The normalized spacial score (nSPS) is 13.4. The van der Waals surface area contributed by atoms with Crippen molar-refractivity contribution in [1.82, 2.24) is 5.32 Å². The zero-order valence-corrected chi connectivity index (χ0v) is 14.4. The summed E-state index contributed by atoms with van der Waals surface area (Å²) in [6.07, 6.45) is -1.84. The summed E-state index contributed by atoms with van der Waals surface area (Å²) in [7, 11) is 0. The van der Waals surface area contributed by atoms with Gasteiger partial charge in [0.2, 0.25) is 0 Å². The Morgan fingerprint density at radius 3 is 2.11 bits per heavy atom. The second kappa shape index (κ2) is 7.99. The van der Waals surface area contributed by atoms with Crippen molar-refractivity contribution in [3.8, 4) is 11.1 Å². The summed E-state index contributed by atoms with van der Waals surface area (Å²) >= 11 is 0. The number of hydrogen-bond acceptors (Lipinski definition) is 4. The largest absolute Gasteiger partial charge is 0.480 e. The molecule has 1 aliphatic carbocycles. The fourth-order valence-electron chi connectivity index (χ4n) is 3.30. The van der Waals surface area contributed by atoms with Gasteiger partial charge in [0, 0.05) is 12.3 Å². The average Bonchev–Trinajstić information content (AvgIpc) is 2.97. The Hall–Kier alpha value is -3.22. The molecule has 0 saturated carbocycles. The van der Waals surface area contributed by atoms with E-state index in [4.69, 9.17) is 9.84 Å². The van der Waals surface area contributed by atoms with E-state index in [1.807, 2.05) is 48.5 Å². The Morgan fingerprint density at radius 1 is 1.04 bits per heavy atom. The molecule has 0 aliphatic heterocycles. The van der Waals surface area contributed by atoms with E-state index in [-0.39, 0.29) is 18.9 Å². The molecule has 3 rings (SSSR count). The van der Waals surface area contributed by atoms with Crippen LogP contribution >= 0.6 is 0 Å². The maximum atomic E-state index is 12.3. The second-order valence-corrected chi connectivity index (χ2v) is 6.25. The molecule has 140 valence electrons. The van der Waals surface area contributed by atoms with Crippen molar-refractivity contribution in [1.29, 1.82) is 0 Å². The molecule has 0 radical (unpaired) electrons. The summed E-state index contributed by atoms with van der Waals surface area (Å²) < 4.78 is 17.6. The van der Waals surface area contributed by atoms with Gasteiger partial charge in [-0.25, -0.2) is 9.59 Å². The minimum absolute atomic E-state index is 0.0360. The molecule has 2 aromatic carbocycles. The Labute approximate surface area is 155 Å². The van der Waals surface area contributed by atoms with E-state index in [1.165, 1.54) is 0 Å². The van der Waals surface area contributed by atoms with E-state index in [0.29, 0.717) is 0 Å². The molecule has 7 heteroatoms. The number of ether oxygens (including phenoxy) is 1. The topological polar surface area (TPSA) is 92.7 Å². The van der Waals surface area contributed by atoms with Gasteiger partial charge in [-0.3, -0.25) is 4.79 Å². The van der Waals surface area contributed by atoms with Crippen molar-refractivity contribution in [2.75, 3.05) is 6.61 Å². The number of carboxylic acid groups (broad SMARTS) is 1. The second-order valence-electron chi connectivity index (χ2n) is 6.25. The molecule has 0 aromatic heterocycles. The number of nitrogens with one attached hydrogen (secondary N) is 1. The fraction of sp³-hybridized carbons (Fsp3) is 0.250. The number of carbonyl (C=O) groups is 3. The van der Waals surface area contributed by atoms with Crippen molar-refractivity contribution in [2.45, 2.75) is 24.8 Å². The molecular formula is C20H18FNO5. The number of fused-ring (bicyclic) bond motifs is 3. The van der Waals surface area contributed by atoms with E-state index in [2.05, 4.69) is 5.32 Å². The summed E-state index contributed by atoms with van der Waals surface area (Å²) in [5, 5.41) is 11.2. The van der Waals surface area contributed by atoms with E-state index in [1.54, 1.807) is 0 Å². The van der Waals surface area contributed by atoms with Gasteiger partial charge in [-0.1, -0.05) is 48.5 Å². The zero-order chi connectivity index (χ0) is 19.4. The smallest absolute Gasteiger partial charge is 0.407 e. The maximum absolute atomic E-state index is 12.3. The SMILES string of the molecule is O=C(F)CCC(NC(=O)OCC1c2ccccc2-c2ccccc21)C(=O)O. The number of alkyl carbamates (subject to hydrolysis) is 1. The molecule has 0 spiro atoms. The first kappa shape index (κ1) is 18.6. The Bertz CT molecular complexity index is 837. The molecular weight excluding hydrogens is 353 g/mol. The Kier molecular flexibility index (Phi) is 5.49. The first-order valence-electron chi connectivity index (χ1n) is 8.50. The summed E-state index contributed by atoms with van der Waals surface area (Å²) in [5.41, 5.74) is 4.22. The Balaban J connectivity index is 1.67. The molecule has 1 amide bonds. The number of aliphatic carboxylic acids is 1. The van der Waals surface area contributed by atoms with Crippen molar-refractivity contribution in [2.24, 2.45) is 0 Å². The molecule has 27 heavy (non-hydrogen) atoms. The van der Waals surface area contributed by atoms with Crippen LogP contribution in [0.3, 0.4) is 0 Å². The summed E-state index contributed by atoms with van der Waals surface area (Å²) in [5.74, 6) is -1.51. The first-order chi connectivity index (χ1) is 13.0. The van der Waals surface area contributed by atoms with Gasteiger partial charge in [-0.15, -0.1) is 0 Å². The molecule has 2 N–H and O–H groups in total. The quantitative estimate of drug-likeness (QED) is 0.729. The number of halogens is 1. The molecule has 0 fully saturated rings. The van der Waals surface area contributed by atoms with Crippen LogP contribution in [0, 0.1) is 0 Å². The van der Waals surface area contributed by atoms with E-state index < -0.39 is 30.6 Å². The number of carboxylic acids is 1. The summed E-state index contributed by atoms with van der Waals surface area (Å²) in [4.78, 5) is 33.5. The summed E-state index contributed by atoms with van der Waals surface area (Å²) in [6, 6.07) is 12.6. The van der Waals surface area contributed by atoms with Gasteiger partial charge in [0.25, 0.3) is 0 Å². The van der Waals surface area contributed by atoms with Gasteiger partial charge >= 0.3 is 18.1 Å². The standard InChI is InChI=1S/C20H18FNO5/c21-18(23)10-9-17(19(24)25)22-20(26)27-11-16-14-7-3-1-5-12(14)13-6-2-4-8-15(13)16/h1-8,16-17H,9-11H2,(H,22,26)(H,24,25). The highest BCUT2D eigenvalue weighted by atomic mass is 19.1. The number of rotatable bonds is 7. The van der Waals surface area contributed by atoms with Crippen molar-refractivity contribution in [3.05, 3.63) is 59.7 Å². The highest BCUT2D eigenvalue weighted by Gasteiger charge is 2.29. The van der Waals surface area contributed by atoms with Crippen LogP contribution in [-0.4, -0.2) is 35.9 Å². The van der Waals surface area contributed by atoms with E-state index in [9.17, 15) is 18.8 Å². The number of benzene rings is 2. The number of hydrogen-bond donors (Lipinski definition) is 2. The zero-order valence-electron chi connectivity index (χ0n) is 14.4. The minimum Gasteiger partial charge on any atom is -0.480 e. The summed E-state index contributed by atoms with van der Waals surface area (Å²) in [6.45, 7) is 0.0360. The highest BCUT2D eigenvalue weighted by molar-refractivity contribution is 5.81. The van der Waals surface area contributed by atoms with Gasteiger partial charge in [0.1, 0.15) is 12.6 Å². The van der Waals surface area contributed by atoms with Crippen molar-refractivity contribution < 1.29 is 28.6 Å². The molecule has 0 bridgehead atoms. The van der Waals surface area contributed by atoms with Gasteiger partial charge in [-0.2, -0.15) is 4.39 Å². The van der Waals surface area contributed by atoms with Crippen LogP contribution in [-0.2, 0) is 14.3 Å². The lowest BCUT2D eigenvalue weighted by molar-refractivity contribution is -0.139. The Morgan fingerprint density at radius 2 is 1.59 bits per heavy atom. The van der Waals surface area contributed by atoms with Crippen LogP contribution < -0.4 is 5.32 Å². The third-order valence-electron chi connectivity index (χ3n) is 4.56. The molecule has 0 heterocycles. The number of amides is 1. The van der Waals surface area contributed by atoms with Gasteiger partial charge < -0.3 is 15.2 Å². The number of carbonyl (C=O) groups excluding carboxylic acids is 2. The predicted molar refractivity (Wildman–Crippen MR) is 95.0 cm³/mol. The highest BCUT2D eigenvalue weighted by Crippen LogP contribution is 2.44. The van der Waals surface area contributed by atoms with Crippen LogP contribution in [0.1, 0.15) is 29.9 Å². The van der Waals surface area contributed by atoms with Crippen LogP contribution in [0.5, 0.6) is 0 Å². The lowest BCUT2D eigenvalue weighted by Gasteiger charge is -2.17. The molecule has 0 saturated heterocycles. The van der Waals surface area contributed by atoms with E-state index in [0.717, 1.165) is 22.3 Å². The molecule has 1 atom stereocenters.